The molecule has 0 unspecified atom stereocenters. The second-order valence-corrected chi connectivity index (χ2v) is 7.19. The molecule has 2 aliphatic rings. The normalized spacial score (nSPS) is 21.9. The Morgan fingerprint density at radius 1 is 1.39 bits per heavy atom. The summed E-state index contributed by atoms with van der Waals surface area (Å²) in [5, 5.41) is 11.0. The number of nitrogens with zero attached hydrogens (tertiary/aromatic N) is 2. The molecular weight excluding hydrogens is 392 g/mol. The number of thioether (sulfide) groups is 1. The Balaban J connectivity index is 1.69. The van der Waals surface area contributed by atoms with Crippen molar-refractivity contribution >= 4 is 29.5 Å². The van der Waals surface area contributed by atoms with Crippen molar-refractivity contribution in [1.82, 2.24) is 10.2 Å². The third kappa shape index (κ3) is 3.64. The molecule has 1 aromatic rings. The van der Waals surface area contributed by atoms with Crippen molar-refractivity contribution in [3.63, 3.8) is 0 Å². The summed E-state index contributed by atoms with van der Waals surface area (Å²) in [6, 6.07) is 6.85. The number of hydrogen-bond acceptors (Lipinski definition) is 9. The van der Waals surface area contributed by atoms with Crippen LogP contribution in [0.4, 0.5) is 0 Å². The van der Waals surface area contributed by atoms with Crippen LogP contribution in [0.15, 0.2) is 41.6 Å². The number of nitrogens with two attached hydrogens (primary N) is 1. The average Bonchev–Trinajstić information content (AvgIpc) is 2.69. The van der Waals surface area contributed by atoms with Crippen molar-refractivity contribution in [3.05, 3.63) is 57.3 Å². The molecule has 1 saturated heterocycles. The number of hydrogen-bond donors (Lipinski definition) is 2. The van der Waals surface area contributed by atoms with Gasteiger partial charge in [0.05, 0.1) is 0 Å². The number of rotatable bonds is 6. The van der Waals surface area contributed by atoms with Crippen LogP contribution in [0.3, 0.4) is 0 Å². The molecule has 0 radical (unpaired) electrons. The maximum atomic E-state index is 12.5. The minimum atomic E-state index is -1.28. The predicted octanol–water partition coefficient (Wildman–Crippen LogP) is 0.0268. The highest BCUT2D eigenvalue weighted by molar-refractivity contribution is 8.00. The third-order valence-corrected chi connectivity index (χ3v) is 5.69. The molecule has 11 nitrogen and oxygen atoms in total. The van der Waals surface area contributed by atoms with Crippen LogP contribution in [0.5, 0.6) is 0 Å². The van der Waals surface area contributed by atoms with E-state index < -0.39 is 40.3 Å². The van der Waals surface area contributed by atoms with Crippen molar-refractivity contribution in [2.45, 2.75) is 24.4 Å². The molecule has 0 aromatic heterocycles. The molecule has 0 saturated carbocycles. The SMILES string of the molecule is CC1=C(C(=O)OO[N+](=O)[O-])N2C(=O)[C@@H](NC(=O)[C@H](N)c3ccccc3)[C@H]2SC1. The highest BCUT2D eigenvalue weighted by Gasteiger charge is 2.54. The zero-order valence-corrected chi connectivity index (χ0v) is 15.4. The lowest BCUT2D eigenvalue weighted by atomic mass is 10.0. The topological polar surface area (TPSA) is 154 Å². The minimum absolute atomic E-state index is 0.131. The lowest BCUT2D eigenvalue weighted by Gasteiger charge is -2.49. The lowest BCUT2D eigenvalue weighted by molar-refractivity contribution is -0.839. The number of amides is 2. The number of β-lactam (4-membered cyclic amide) rings is 1. The number of nitrogens with one attached hydrogen (secondary N) is 1. The first-order valence-electron chi connectivity index (χ1n) is 8.10. The van der Waals surface area contributed by atoms with Crippen molar-refractivity contribution in [2.24, 2.45) is 5.73 Å². The molecule has 0 spiro atoms. The van der Waals surface area contributed by atoms with E-state index in [-0.39, 0.29) is 5.70 Å². The van der Waals surface area contributed by atoms with Crippen LogP contribution in [0.25, 0.3) is 0 Å². The maximum absolute atomic E-state index is 12.5. The summed E-state index contributed by atoms with van der Waals surface area (Å²) < 4.78 is 0. The van der Waals surface area contributed by atoms with Crippen LogP contribution in [0.2, 0.25) is 0 Å². The van der Waals surface area contributed by atoms with Crippen LogP contribution >= 0.6 is 11.8 Å². The van der Waals surface area contributed by atoms with Gasteiger partial charge in [-0.25, -0.2) is 4.79 Å². The Hall–Kier alpha value is -3.12. The second kappa shape index (κ2) is 7.86. The summed E-state index contributed by atoms with van der Waals surface area (Å²) in [5.74, 6) is -1.86. The zero-order chi connectivity index (χ0) is 20.4. The highest BCUT2D eigenvalue weighted by Crippen LogP contribution is 2.40. The van der Waals surface area contributed by atoms with Gasteiger partial charge in [0.1, 0.15) is 23.2 Å². The van der Waals surface area contributed by atoms with Gasteiger partial charge in [-0.3, -0.25) is 19.4 Å². The fourth-order valence-electron chi connectivity index (χ4n) is 2.92. The van der Waals surface area contributed by atoms with E-state index >= 15 is 0 Å². The Bertz CT molecular complexity index is 860. The van der Waals surface area contributed by atoms with Gasteiger partial charge < -0.3 is 11.1 Å². The molecule has 148 valence electrons. The fourth-order valence-corrected chi connectivity index (χ4v) is 4.21. The van der Waals surface area contributed by atoms with Gasteiger partial charge in [-0.1, -0.05) is 35.3 Å². The quantitative estimate of drug-likeness (QED) is 0.287. The van der Waals surface area contributed by atoms with Crippen molar-refractivity contribution < 1.29 is 29.3 Å². The van der Waals surface area contributed by atoms with Crippen molar-refractivity contribution in [3.8, 4) is 0 Å². The number of fused-ring (bicyclic) bond motifs is 1. The first-order chi connectivity index (χ1) is 13.3. The predicted molar refractivity (Wildman–Crippen MR) is 95.3 cm³/mol. The number of carbonyl (C=O) groups excluding carboxylic acids is 3. The van der Waals surface area contributed by atoms with Crippen molar-refractivity contribution in [2.75, 3.05) is 5.75 Å². The summed E-state index contributed by atoms with van der Waals surface area (Å²) in [5.41, 5.74) is 6.90. The van der Waals surface area contributed by atoms with E-state index in [2.05, 4.69) is 15.2 Å². The third-order valence-electron chi connectivity index (χ3n) is 4.26. The van der Waals surface area contributed by atoms with E-state index in [4.69, 9.17) is 5.73 Å². The first-order valence-corrected chi connectivity index (χ1v) is 9.15. The summed E-state index contributed by atoms with van der Waals surface area (Å²) in [6.07, 6.45) is 0. The van der Waals surface area contributed by atoms with E-state index in [0.717, 1.165) is 4.90 Å². The Labute approximate surface area is 162 Å². The molecule has 0 bridgehead atoms. The minimum Gasteiger partial charge on any atom is -0.340 e. The van der Waals surface area contributed by atoms with Gasteiger partial charge in [-0.15, -0.1) is 21.9 Å². The Kier molecular flexibility index (Phi) is 5.51. The molecule has 28 heavy (non-hydrogen) atoms. The van der Waals surface area contributed by atoms with Crippen molar-refractivity contribution in [1.29, 1.82) is 0 Å². The van der Waals surface area contributed by atoms with Gasteiger partial charge in [0.15, 0.2) is 0 Å². The largest absolute Gasteiger partial charge is 0.390 e. The smallest absolute Gasteiger partial charge is 0.340 e. The van der Waals surface area contributed by atoms with Gasteiger partial charge in [-0.05, 0) is 18.1 Å². The molecule has 2 heterocycles. The van der Waals surface area contributed by atoms with Crippen LogP contribution < -0.4 is 11.1 Å². The van der Waals surface area contributed by atoms with E-state index in [9.17, 15) is 24.5 Å². The Morgan fingerprint density at radius 3 is 2.71 bits per heavy atom. The average molecular weight is 408 g/mol. The van der Waals surface area contributed by atoms with Gasteiger partial charge in [0, 0.05) is 5.75 Å². The summed E-state index contributed by atoms with van der Waals surface area (Å²) in [4.78, 5) is 56.1. The molecule has 3 atom stereocenters. The monoisotopic (exact) mass is 408 g/mol. The first kappa shape index (κ1) is 19.6. The van der Waals surface area contributed by atoms with Gasteiger partial charge in [0.2, 0.25) is 5.91 Å². The molecule has 3 rings (SSSR count). The molecule has 2 aliphatic heterocycles. The molecule has 1 fully saturated rings. The van der Waals surface area contributed by atoms with Crippen LogP contribution in [-0.4, -0.2) is 44.9 Å². The number of carbonyl (C=O) groups is 3. The summed E-state index contributed by atoms with van der Waals surface area (Å²) in [7, 11) is 0. The molecule has 3 N–H and O–H groups in total. The van der Waals surface area contributed by atoms with Gasteiger partial charge in [-0.2, -0.15) is 0 Å². The summed E-state index contributed by atoms with van der Waals surface area (Å²) in [6.45, 7) is 1.59. The van der Waals surface area contributed by atoms with Crippen LogP contribution in [0.1, 0.15) is 18.5 Å². The second-order valence-electron chi connectivity index (χ2n) is 6.08. The van der Waals surface area contributed by atoms with Gasteiger partial charge >= 0.3 is 11.1 Å². The molecule has 1 aromatic carbocycles. The molecule has 12 heteroatoms. The molecular formula is C16H16N4O7S. The standard InChI is InChI=1S/C16H16N4O7S/c1-8-7-28-15-11(18-13(21)10(17)9-5-3-2-4-6-9)14(22)19(15)12(8)16(23)26-27-20(24)25/h2-6,10-11,15H,7,17H2,1H3,(H,18,21)/t10-,11-,15-/m1/s1. The highest BCUT2D eigenvalue weighted by atomic mass is 32.2. The van der Waals surface area contributed by atoms with E-state index in [1.165, 1.54) is 11.8 Å². The molecule has 0 aliphatic carbocycles. The maximum Gasteiger partial charge on any atom is 0.390 e. The van der Waals surface area contributed by atoms with E-state index in [1.807, 2.05) is 0 Å². The lowest BCUT2D eigenvalue weighted by Crippen LogP contribution is -2.71. The number of benzene rings is 1. The Morgan fingerprint density at radius 2 is 2.07 bits per heavy atom. The zero-order valence-electron chi connectivity index (χ0n) is 14.6. The summed E-state index contributed by atoms with van der Waals surface area (Å²) >= 11 is 1.34. The van der Waals surface area contributed by atoms with Crippen LogP contribution in [0, 0.1) is 10.1 Å². The fraction of sp³-hybridized carbons (Fsp3) is 0.312. The molecule has 2 amide bonds. The van der Waals surface area contributed by atoms with Gasteiger partial charge in [0.25, 0.3) is 5.91 Å². The van der Waals surface area contributed by atoms with Crippen LogP contribution in [-0.2, 0) is 24.3 Å². The van der Waals surface area contributed by atoms with E-state index in [1.54, 1.807) is 37.3 Å². The van der Waals surface area contributed by atoms with E-state index in [0.29, 0.717) is 16.9 Å².